The molecule has 1 fully saturated rings. The summed E-state index contributed by atoms with van der Waals surface area (Å²) in [5.41, 5.74) is 2.08. The molecule has 0 aliphatic carbocycles. The number of nitrogens with one attached hydrogen (secondary N) is 1. The lowest BCUT2D eigenvalue weighted by atomic mass is 10.0. The number of nitro benzene ring substituents is 1. The minimum absolute atomic E-state index is 0.0280. The Morgan fingerprint density at radius 2 is 1.81 bits per heavy atom. The van der Waals surface area contributed by atoms with Crippen LogP contribution in [-0.2, 0) is 11.2 Å². The number of anilines is 1. The van der Waals surface area contributed by atoms with Crippen molar-refractivity contribution in [3.8, 4) is 0 Å². The van der Waals surface area contributed by atoms with E-state index in [4.69, 9.17) is 0 Å². The van der Waals surface area contributed by atoms with Gasteiger partial charge in [-0.1, -0.05) is 24.3 Å². The van der Waals surface area contributed by atoms with Crippen molar-refractivity contribution in [3.63, 3.8) is 0 Å². The molecule has 0 aromatic heterocycles. The summed E-state index contributed by atoms with van der Waals surface area (Å²) < 4.78 is 0. The smallest absolute Gasteiger partial charge is 0.273 e. The number of para-hydroxylation sites is 1. The Bertz CT molecular complexity index is 889. The molecule has 7 nitrogen and oxygen atoms in total. The summed E-state index contributed by atoms with van der Waals surface area (Å²) >= 11 is 0. The first-order valence-electron chi connectivity index (χ1n) is 8.88. The van der Waals surface area contributed by atoms with Gasteiger partial charge in [0, 0.05) is 36.0 Å². The van der Waals surface area contributed by atoms with Gasteiger partial charge in [-0.15, -0.1) is 0 Å². The van der Waals surface area contributed by atoms with Crippen LogP contribution in [0, 0.1) is 17.0 Å². The molecule has 27 heavy (non-hydrogen) atoms. The van der Waals surface area contributed by atoms with Gasteiger partial charge in [0.15, 0.2) is 0 Å². The molecule has 0 bridgehead atoms. The zero-order valence-electron chi connectivity index (χ0n) is 15.1. The van der Waals surface area contributed by atoms with Gasteiger partial charge in [0.05, 0.1) is 11.3 Å². The summed E-state index contributed by atoms with van der Waals surface area (Å²) in [4.78, 5) is 37.5. The lowest BCUT2D eigenvalue weighted by molar-refractivity contribution is -0.385. The molecule has 2 amide bonds. The Morgan fingerprint density at radius 1 is 1.11 bits per heavy atom. The largest absolute Gasteiger partial charge is 0.339 e. The Labute approximate surface area is 157 Å². The van der Waals surface area contributed by atoms with Gasteiger partial charge >= 0.3 is 0 Å². The third-order valence-electron chi connectivity index (χ3n) is 4.77. The predicted octanol–water partition coefficient (Wildman–Crippen LogP) is 3.32. The van der Waals surface area contributed by atoms with Crippen LogP contribution in [0.25, 0.3) is 0 Å². The van der Waals surface area contributed by atoms with Crippen LogP contribution in [0.15, 0.2) is 42.5 Å². The molecule has 2 aromatic carbocycles. The van der Waals surface area contributed by atoms with E-state index in [2.05, 4.69) is 5.32 Å². The molecule has 1 aliphatic heterocycles. The van der Waals surface area contributed by atoms with Gasteiger partial charge in [-0.05, 0) is 37.5 Å². The quantitative estimate of drug-likeness (QED) is 0.648. The number of likely N-dealkylation sites (tertiary alicyclic amines) is 1. The summed E-state index contributed by atoms with van der Waals surface area (Å²) in [5.74, 6) is -0.391. The summed E-state index contributed by atoms with van der Waals surface area (Å²) in [5, 5.41) is 13.9. The topological polar surface area (TPSA) is 92.5 Å². The normalized spacial score (nSPS) is 13.4. The van der Waals surface area contributed by atoms with Crippen molar-refractivity contribution in [2.75, 3.05) is 18.4 Å². The number of benzene rings is 2. The summed E-state index contributed by atoms with van der Waals surface area (Å²) in [6.07, 6.45) is 1.91. The van der Waals surface area contributed by atoms with Crippen LogP contribution in [0.3, 0.4) is 0 Å². The molecule has 1 saturated heterocycles. The maximum atomic E-state index is 12.7. The second-order valence-corrected chi connectivity index (χ2v) is 6.59. The van der Waals surface area contributed by atoms with Crippen molar-refractivity contribution in [2.45, 2.75) is 26.2 Å². The third-order valence-corrected chi connectivity index (χ3v) is 4.77. The SMILES string of the molecule is Cc1c(NC(=O)Cc2ccccc2[N+](=O)[O-])cccc1C(=O)N1CCCC1. The molecule has 0 radical (unpaired) electrons. The molecule has 140 valence electrons. The van der Waals surface area contributed by atoms with Crippen LogP contribution < -0.4 is 5.32 Å². The highest BCUT2D eigenvalue weighted by atomic mass is 16.6. The second kappa shape index (κ2) is 7.99. The van der Waals surface area contributed by atoms with Crippen molar-refractivity contribution >= 4 is 23.2 Å². The Hall–Kier alpha value is -3.22. The number of nitrogens with zero attached hydrogens (tertiary/aromatic N) is 2. The first-order valence-corrected chi connectivity index (χ1v) is 8.88. The van der Waals surface area contributed by atoms with Crippen LogP contribution in [0.5, 0.6) is 0 Å². The fourth-order valence-electron chi connectivity index (χ4n) is 3.30. The summed E-state index contributed by atoms with van der Waals surface area (Å²) in [6.45, 7) is 3.31. The monoisotopic (exact) mass is 367 g/mol. The molecular formula is C20H21N3O4. The summed E-state index contributed by atoms with van der Waals surface area (Å²) in [6, 6.07) is 11.4. The fraction of sp³-hybridized carbons (Fsp3) is 0.300. The number of hydrogen-bond donors (Lipinski definition) is 1. The zero-order valence-corrected chi connectivity index (χ0v) is 15.1. The molecule has 7 heteroatoms. The molecule has 1 N–H and O–H groups in total. The molecule has 2 aromatic rings. The number of hydrogen-bond acceptors (Lipinski definition) is 4. The van der Waals surface area contributed by atoms with E-state index in [0.29, 0.717) is 22.4 Å². The highest BCUT2D eigenvalue weighted by molar-refractivity contribution is 6.00. The number of rotatable bonds is 5. The number of nitro groups is 1. The van der Waals surface area contributed by atoms with Crippen LogP contribution >= 0.6 is 0 Å². The van der Waals surface area contributed by atoms with Crippen LogP contribution in [-0.4, -0.2) is 34.7 Å². The van der Waals surface area contributed by atoms with Gasteiger partial charge in [0.25, 0.3) is 11.6 Å². The average molecular weight is 367 g/mol. The number of amides is 2. The molecule has 0 atom stereocenters. The van der Waals surface area contributed by atoms with Crippen molar-refractivity contribution < 1.29 is 14.5 Å². The molecule has 0 saturated carbocycles. The second-order valence-electron chi connectivity index (χ2n) is 6.59. The first-order chi connectivity index (χ1) is 13.0. The van der Waals surface area contributed by atoms with E-state index in [1.807, 2.05) is 4.90 Å². The van der Waals surface area contributed by atoms with E-state index in [1.165, 1.54) is 6.07 Å². The van der Waals surface area contributed by atoms with Crippen molar-refractivity contribution in [1.82, 2.24) is 4.90 Å². The lowest BCUT2D eigenvalue weighted by Crippen LogP contribution is -2.28. The van der Waals surface area contributed by atoms with E-state index in [1.54, 1.807) is 43.3 Å². The van der Waals surface area contributed by atoms with Gasteiger partial charge < -0.3 is 10.2 Å². The Kier molecular flexibility index (Phi) is 5.49. The van der Waals surface area contributed by atoms with Crippen LogP contribution in [0.1, 0.15) is 34.3 Å². The maximum absolute atomic E-state index is 12.7. The molecule has 1 heterocycles. The van der Waals surface area contributed by atoms with Gasteiger partial charge in [0.2, 0.25) is 5.91 Å². The molecule has 0 spiro atoms. The molecular weight excluding hydrogens is 346 g/mol. The van der Waals surface area contributed by atoms with Gasteiger partial charge in [-0.25, -0.2) is 0 Å². The van der Waals surface area contributed by atoms with Gasteiger partial charge in [-0.3, -0.25) is 19.7 Å². The molecule has 3 rings (SSSR count). The standard InChI is InChI=1S/C20H21N3O4/c1-14-16(20(25)22-11-4-5-12-22)8-6-9-17(14)21-19(24)13-15-7-2-3-10-18(15)23(26)27/h2-3,6-10H,4-5,11-13H2,1H3,(H,21,24). The van der Waals surface area contributed by atoms with Crippen LogP contribution in [0.2, 0.25) is 0 Å². The predicted molar refractivity (Wildman–Crippen MR) is 102 cm³/mol. The number of carbonyl (C=O) groups is 2. The Morgan fingerprint density at radius 3 is 2.52 bits per heavy atom. The minimum atomic E-state index is -0.497. The number of carbonyl (C=O) groups excluding carboxylic acids is 2. The zero-order chi connectivity index (χ0) is 19.4. The third kappa shape index (κ3) is 4.13. The first kappa shape index (κ1) is 18.6. The van der Waals surface area contributed by atoms with E-state index in [9.17, 15) is 19.7 Å². The minimum Gasteiger partial charge on any atom is -0.339 e. The molecule has 0 unspecified atom stereocenters. The van der Waals surface area contributed by atoms with E-state index in [-0.39, 0.29) is 23.9 Å². The Balaban J connectivity index is 1.76. The fourth-order valence-corrected chi connectivity index (χ4v) is 3.30. The van der Waals surface area contributed by atoms with E-state index in [0.717, 1.165) is 25.9 Å². The van der Waals surface area contributed by atoms with Gasteiger partial charge in [-0.2, -0.15) is 0 Å². The van der Waals surface area contributed by atoms with Crippen molar-refractivity contribution in [1.29, 1.82) is 0 Å². The molecule has 1 aliphatic rings. The van der Waals surface area contributed by atoms with Crippen LogP contribution in [0.4, 0.5) is 11.4 Å². The maximum Gasteiger partial charge on any atom is 0.273 e. The van der Waals surface area contributed by atoms with E-state index < -0.39 is 4.92 Å². The summed E-state index contributed by atoms with van der Waals surface area (Å²) in [7, 11) is 0. The average Bonchev–Trinajstić information content (AvgIpc) is 3.18. The van der Waals surface area contributed by atoms with E-state index >= 15 is 0 Å². The van der Waals surface area contributed by atoms with Gasteiger partial charge in [0.1, 0.15) is 0 Å². The van der Waals surface area contributed by atoms with Crippen molar-refractivity contribution in [2.24, 2.45) is 0 Å². The lowest BCUT2D eigenvalue weighted by Gasteiger charge is -2.18. The highest BCUT2D eigenvalue weighted by Gasteiger charge is 2.22. The van der Waals surface area contributed by atoms with Crippen molar-refractivity contribution in [3.05, 3.63) is 69.3 Å². The highest BCUT2D eigenvalue weighted by Crippen LogP contribution is 2.23.